The van der Waals surface area contributed by atoms with Gasteiger partial charge in [0, 0.05) is 46.6 Å². The number of aliphatic imine (C=N–C) groups is 1. The zero-order chi connectivity index (χ0) is 47.2. The lowest BCUT2D eigenvalue weighted by Crippen LogP contribution is -2.57. The van der Waals surface area contributed by atoms with E-state index in [9.17, 15) is 24.3 Å². The first-order chi connectivity index (χ1) is 31.4. The summed E-state index contributed by atoms with van der Waals surface area (Å²) in [6, 6.07) is 16.5. The Balaban J connectivity index is 0.976. The molecule has 342 valence electrons. The second-order valence-electron chi connectivity index (χ2n) is 17.8. The Labute approximate surface area is 390 Å². The highest BCUT2D eigenvalue weighted by Crippen LogP contribution is 2.40. The number of methoxy groups -OCH3 is 1. The number of carbonyl (C=O) groups is 4. The molecule has 0 bridgehead atoms. The maximum absolute atomic E-state index is 16.1. The largest absolute Gasteiger partial charge is 0.469 e. The molecule has 6 aromatic rings. The molecule has 0 saturated carbocycles. The van der Waals surface area contributed by atoms with Crippen LogP contribution in [0.3, 0.4) is 0 Å². The second kappa shape index (κ2) is 18.5. The van der Waals surface area contributed by atoms with E-state index in [2.05, 4.69) is 25.8 Å². The number of aliphatic hydroxyl groups excluding tert-OH is 1. The third-order valence-corrected chi connectivity index (χ3v) is 14.4. The lowest BCUT2D eigenvalue weighted by molar-refractivity contribution is -0.142. The van der Waals surface area contributed by atoms with Gasteiger partial charge in [0.1, 0.15) is 34.8 Å². The van der Waals surface area contributed by atoms with Crippen LogP contribution >= 0.6 is 22.7 Å². The number of likely N-dealkylation sites (tertiary alicyclic amines) is 1. The Bertz CT molecular complexity index is 2880. The normalized spacial score (nSPS) is 17.3. The highest BCUT2D eigenvalue weighted by Gasteiger charge is 2.44. The van der Waals surface area contributed by atoms with Crippen LogP contribution in [0.2, 0.25) is 0 Å². The van der Waals surface area contributed by atoms with Crippen molar-refractivity contribution < 1.29 is 33.4 Å². The maximum Gasteiger partial charge on any atom is 0.308 e. The number of aliphatic hydroxyl groups is 1. The van der Waals surface area contributed by atoms with Crippen LogP contribution in [0.1, 0.15) is 94.5 Å². The lowest BCUT2D eigenvalue weighted by atomic mass is 9.85. The summed E-state index contributed by atoms with van der Waals surface area (Å²) >= 11 is 3.15. The van der Waals surface area contributed by atoms with E-state index in [1.165, 1.54) is 24.1 Å². The second-order valence-corrected chi connectivity index (χ2v) is 19.9. The van der Waals surface area contributed by atoms with Crippen molar-refractivity contribution in [2.24, 2.45) is 10.4 Å². The van der Waals surface area contributed by atoms with Crippen LogP contribution in [-0.4, -0.2) is 91.0 Å². The quantitative estimate of drug-likeness (QED) is 0.112. The predicted octanol–water partition coefficient (Wildman–Crippen LogP) is 7.37. The van der Waals surface area contributed by atoms with Gasteiger partial charge in [0.25, 0.3) is 5.91 Å². The van der Waals surface area contributed by atoms with Gasteiger partial charge >= 0.3 is 5.97 Å². The molecule has 14 nitrogen and oxygen atoms in total. The van der Waals surface area contributed by atoms with Gasteiger partial charge in [-0.3, -0.25) is 28.7 Å². The Morgan fingerprint density at radius 1 is 0.955 bits per heavy atom. The van der Waals surface area contributed by atoms with Crippen molar-refractivity contribution in [2.45, 2.75) is 92.1 Å². The molecule has 1 fully saturated rings. The van der Waals surface area contributed by atoms with Crippen LogP contribution in [0.5, 0.6) is 0 Å². The minimum absolute atomic E-state index is 0.00442. The van der Waals surface area contributed by atoms with Gasteiger partial charge in [-0.25, -0.2) is 9.37 Å². The molecule has 4 atom stereocenters. The zero-order valence-corrected chi connectivity index (χ0v) is 39.6. The number of nitrogens with one attached hydrogen (secondary N) is 2. The number of esters is 1. The van der Waals surface area contributed by atoms with Crippen molar-refractivity contribution in [1.29, 1.82) is 0 Å². The first-order valence-corrected chi connectivity index (χ1v) is 23.3. The third-order valence-electron chi connectivity index (χ3n) is 12.2. The summed E-state index contributed by atoms with van der Waals surface area (Å²) in [5, 5.41) is 26.0. The Morgan fingerprint density at radius 3 is 2.30 bits per heavy atom. The number of thiophene rings is 1. The summed E-state index contributed by atoms with van der Waals surface area (Å²) in [6.45, 7) is 13.4. The molecule has 3 amide bonds. The molecule has 66 heavy (non-hydrogen) atoms. The van der Waals surface area contributed by atoms with E-state index in [-0.39, 0.29) is 37.1 Å². The van der Waals surface area contributed by atoms with E-state index in [0.717, 1.165) is 54.3 Å². The van der Waals surface area contributed by atoms with Gasteiger partial charge in [0.15, 0.2) is 5.82 Å². The minimum Gasteiger partial charge on any atom is -0.469 e. The number of β-amino-alcohol motifs (C(OH)–C–C–N with tert-alkyl or cyclic N) is 1. The van der Waals surface area contributed by atoms with Crippen LogP contribution in [0.15, 0.2) is 77.2 Å². The van der Waals surface area contributed by atoms with Crippen molar-refractivity contribution in [3.05, 3.63) is 128 Å². The van der Waals surface area contributed by atoms with Gasteiger partial charge in [-0.1, -0.05) is 75.4 Å². The van der Waals surface area contributed by atoms with Crippen LogP contribution in [0.4, 0.5) is 4.39 Å². The molecule has 0 unspecified atom stereocenters. The first-order valence-electron chi connectivity index (χ1n) is 21.6. The topological polar surface area (TPSA) is 181 Å². The van der Waals surface area contributed by atoms with Gasteiger partial charge in [-0.2, -0.15) is 0 Å². The van der Waals surface area contributed by atoms with Gasteiger partial charge in [-0.05, 0) is 67.5 Å². The van der Waals surface area contributed by atoms with Crippen LogP contribution in [0, 0.1) is 38.9 Å². The van der Waals surface area contributed by atoms with E-state index in [0.29, 0.717) is 22.9 Å². The third kappa shape index (κ3) is 9.06. The number of rotatable bonds is 11. The number of nitrogens with zero attached hydrogens (tertiary/aromatic N) is 6. The number of benzene rings is 3. The summed E-state index contributed by atoms with van der Waals surface area (Å²) in [5.74, 6) is -1.49. The number of aromatic nitrogens is 4. The smallest absolute Gasteiger partial charge is 0.308 e. The molecule has 0 spiro atoms. The van der Waals surface area contributed by atoms with Crippen molar-refractivity contribution in [2.75, 3.05) is 13.7 Å². The molecular formula is C49H51FN8O6S2. The summed E-state index contributed by atoms with van der Waals surface area (Å²) in [4.78, 5) is 67.1. The van der Waals surface area contributed by atoms with Gasteiger partial charge in [0.05, 0.1) is 41.4 Å². The van der Waals surface area contributed by atoms with Gasteiger partial charge < -0.3 is 25.4 Å². The Kier molecular flexibility index (Phi) is 12.9. The van der Waals surface area contributed by atoms with E-state index >= 15 is 4.39 Å². The van der Waals surface area contributed by atoms with Crippen molar-refractivity contribution in [3.63, 3.8) is 0 Å². The molecule has 1 saturated heterocycles. The van der Waals surface area contributed by atoms with Crippen LogP contribution in [-0.2, 0) is 25.7 Å². The molecule has 3 aromatic heterocycles. The number of amides is 3. The summed E-state index contributed by atoms with van der Waals surface area (Å²) in [6.07, 6.45) is -0.930. The summed E-state index contributed by atoms with van der Waals surface area (Å²) < 4.78 is 23.0. The summed E-state index contributed by atoms with van der Waals surface area (Å²) in [7, 11) is 1.33. The van der Waals surface area contributed by atoms with E-state index in [4.69, 9.17) is 9.73 Å². The lowest BCUT2D eigenvalue weighted by Gasteiger charge is -2.35. The van der Waals surface area contributed by atoms with Crippen LogP contribution < -0.4 is 10.6 Å². The monoisotopic (exact) mass is 930 g/mol. The first kappa shape index (κ1) is 46.1. The van der Waals surface area contributed by atoms with Crippen molar-refractivity contribution in [3.8, 4) is 26.6 Å². The number of aryl methyl sites for hydroxylation is 3. The fourth-order valence-corrected chi connectivity index (χ4v) is 10.5. The van der Waals surface area contributed by atoms with Gasteiger partial charge in [0.2, 0.25) is 11.8 Å². The summed E-state index contributed by atoms with van der Waals surface area (Å²) in [5.41, 5.74) is 7.97. The number of hydrogen-bond acceptors (Lipinski definition) is 12. The molecule has 5 heterocycles. The fraction of sp³-hybridized carbons (Fsp3) is 0.347. The number of carbonyl (C=O) groups excluding carboxylic acids is 4. The number of fused-ring (bicyclic) bond motifs is 3. The minimum atomic E-state index is -1.11. The molecule has 2 aliphatic rings. The maximum atomic E-state index is 16.1. The number of halogens is 1. The van der Waals surface area contributed by atoms with E-state index in [1.54, 1.807) is 61.1 Å². The average Bonchev–Trinajstić information content (AvgIpc) is 4.06. The zero-order valence-electron chi connectivity index (χ0n) is 37.9. The molecule has 3 aromatic carbocycles. The molecule has 8 rings (SSSR count). The number of hydrogen-bond donors (Lipinski definition) is 3. The highest BCUT2D eigenvalue weighted by atomic mass is 32.1. The highest BCUT2D eigenvalue weighted by molar-refractivity contribution is 7.15. The molecular weight excluding hydrogens is 880 g/mol. The molecule has 2 aliphatic heterocycles. The Morgan fingerprint density at radius 2 is 1.65 bits per heavy atom. The SMILES string of the molecule is COC(=O)C[C@@H]1N=C(c2ccc(-c3ccc(C(=O)N[C@H](C(=O)N4C[C@H](O)C[C@H]4C(=O)NCc4ccc(-c5scnc5C)cc4)C(C)(C)C)cc3F)cc2)c2c(sc(C)c2C)-n2c(C)nnc21. The predicted molar refractivity (Wildman–Crippen MR) is 251 cm³/mol. The fourth-order valence-electron chi connectivity index (χ4n) is 8.46. The van der Waals surface area contributed by atoms with Gasteiger partial charge in [-0.15, -0.1) is 32.9 Å². The molecule has 17 heteroatoms. The van der Waals surface area contributed by atoms with Crippen molar-refractivity contribution >= 4 is 52.1 Å². The molecule has 0 aliphatic carbocycles. The molecule has 0 radical (unpaired) electrons. The molecule has 3 N–H and O–H groups in total. The van der Waals surface area contributed by atoms with Crippen molar-refractivity contribution in [1.82, 2.24) is 35.3 Å². The number of thiazole rings is 1. The van der Waals surface area contributed by atoms with E-state index < -0.39 is 59.2 Å². The number of ether oxygens (including phenoxy) is 1. The Hall–Kier alpha value is -6.43. The van der Waals surface area contributed by atoms with E-state index in [1.807, 2.05) is 68.7 Å². The van der Waals surface area contributed by atoms with Crippen LogP contribution in [0.25, 0.3) is 26.6 Å². The average molecular weight is 931 g/mol. The standard InChI is InChI=1S/C49H51FN8O6S2/c1-25-27(3)66-48-40(25)41(53-37(21-39(60)64-8)44-56-55-28(4)58(44)48)31-15-13-30(14-16-31)35-18-17-33(19-36(35)50)45(61)54-43(49(5,6)7)47(63)57-23-34(59)20-38(57)46(62)51-22-29-9-11-32(12-10-29)42-26(2)52-24-65-42/h9-19,24,34,37-38,43,59H,20-23H2,1-8H3,(H,51,62)(H,54,61)/t34-,37+,38+,43-/m1/s1.